The molecule has 1 aromatic carbocycles. The number of rotatable bonds is 3. The van der Waals surface area contributed by atoms with Crippen LogP contribution in [0.15, 0.2) is 30.5 Å². The van der Waals surface area contributed by atoms with E-state index in [9.17, 15) is 14.9 Å². The van der Waals surface area contributed by atoms with E-state index in [4.69, 9.17) is 9.47 Å². The zero-order valence-corrected chi connectivity index (χ0v) is 11.5. The van der Waals surface area contributed by atoms with Crippen molar-refractivity contribution in [1.29, 1.82) is 0 Å². The molecule has 0 saturated carbocycles. The number of nitrogens with zero attached hydrogens (tertiary/aromatic N) is 2. The van der Waals surface area contributed by atoms with Crippen LogP contribution in [-0.4, -0.2) is 22.6 Å². The van der Waals surface area contributed by atoms with Gasteiger partial charge in [0.1, 0.15) is 12.0 Å². The number of carbonyl (C=O) groups is 1. The number of aromatic nitrogens is 1. The monoisotopic (exact) mass is 301 g/mol. The van der Waals surface area contributed by atoms with E-state index in [1.54, 1.807) is 25.1 Å². The van der Waals surface area contributed by atoms with Crippen LogP contribution in [0, 0.1) is 17.0 Å². The van der Waals surface area contributed by atoms with Crippen LogP contribution >= 0.6 is 0 Å². The summed E-state index contributed by atoms with van der Waals surface area (Å²) in [5.74, 6) is 0.971. The number of pyridine rings is 1. The molecule has 0 saturated heterocycles. The van der Waals surface area contributed by atoms with Crippen molar-refractivity contribution in [3.63, 3.8) is 0 Å². The third-order valence-corrected chi connectivity index (χ3v) is 3.14. The van der Waals surface area contributed by atoms with Crippen LogP contribution in [-0.2, 0) is 0 Å². The lowest BCUT2D eigenvalue weighted by atomic mass is 10.2. The minimum atomic E-state index is -0.538. The molecule has 1 aliphatic rings. The molecule has 0 radical (unpaired) electrons. The van der Waals surface area contributed by atoms with E-state index in [0.29, 0.717) is 22.6 Å². The van der Waals surface area contributed by atoms with Gasteiger partial charge in [0.2, 0.25) is 6.79 Å². The lowest BCUT2D eigenvalue weighted by Gasteiger charge is -2.07. The summed E-state index contributed by atoms with van der Waals surface area (Å²) in [6, 6.07) is 6.16. The molecule has 1 N–H and O–H groups in total. The van der Waals surface area contributed by atoms with Crippen molar-refractivity contribution in [2.75, 3.05) is 12.1 Å². The third kappa shape index (κ3) is 2.53. The van der Waals surface area contributed by atoms with Crippen molar-refractivity contribution in [3.05, 3.63) is 51.7 Å². The highest BCUT2D eigenvalue weighted by Gasteiger charge is 2.17. The molecule has 22 heavy (non-hydrogen) atoms. The fraction of sp³-hybridized carbons (Fsp3) is 0.143. The molecule has 0 fully saturated rings. The predicted molar refractivity (Wildman–Crippen MR) is 76.1 cm³/mol. The minimum Gasteiger partial charge on any atom is -0.454 e. The van der Waals surface area contributed by atoms with Crippen LogP contribution < -0.4 is 14.8 Å². The fourth-order valence-corrected chi connectivity index (χ4v) is 2.01. The normalized spacial score (nSPS) is 12.0. The quantitative estimate of drug-likeness (QED) is 0.689. The summed E-state index contributed by atoms with van der Waals surface area (Å²) in [7, 11) is 0. The maximum atomic E-state index is 12.2. The van der Waals surface area contributed by atoms with Crippen molar-refractivity contribution in [2.24, 2.45) is 0 Å². The first-order valence-corrected chi connectivity index (χ1v) is 6.36. The Morgan fingerprint density at radius 3 is 2.82 bits per heavy atom. The standard InChI is InChI=1S/C14H11N3O5/c1-8-4-10(17(19)20)6-15-13(8)16-14(18)9-2-3-11-12(5-9)22-7-21-11/h2-6H,7H2,1H3,(H,15,16,18). The number of hydrogen-bond acceptors (Lipinski definition) is 6. The second-order valence-corrected chi connectivity index (χ2v) is 4.64. The summed E-state index contributed by atoms with van der Waals surface area (Å²) >= 11 is 0. The molecule has 8 heteroatoms. The van der Waals surface area contributed by atoms with Crippen LogP contribution in [0.2, 0.25) is 0 Å². The van der Waals surface area contributed by atoms with Gasteiger partial charge in [0.05, 0.1) is 4.92 Å². The van der Waals surface area contributed by atoms with E-state index >= 15 is 0 Å². The van der Waals surface area contributed by atoms with Gasteiger partial charge in [0, 0.05) is 11.6 Å². The van der Waals surface area contributed by atoms with Gasteiger partial charge in [-0.3, -0.25) is 14.9 Å². The first kappa shape index (κ1) is 13.8. The molecule has 0 aliphatic carbocycles. The van der Waals surface area contributed by atoms with Gasteiger partial charge in [-0.1, -0.05) is 0 Å². The SMILES string of the molecule is Cc1cc([N+](=O)[O-])cnc1NC(=O)c1ccc2c(c1)OCO2. The highest BCUT2D eigenvalue weighted by Crippen LogP contribution is 2.32. The lowest BCUT2D eigenvalue weighted by molar-refractivity contribution is -0.385. The summed E-state index contributed by atoms with van der Waals surface area (Å²) in [5, 5.41) is 13.3. The summed E-state index contributed by atoms with van der Waals surface area (Å²) in [6.07, 6.45) is 1.10. The van der Waals surface area contributed by atoms with E-state index < -0.39 is 4.92 Å². The van der Waals surface area contributed by atoms with Crippen LogP contribution in [0.1, 0.15) is 15.9 Å². The van der Waals surface area contributed by atoms with Gasteiger partial charge in [-0.15, -0.1) is 0 Å². The number of benzene rings is 1. The number of fused-ring (bicyclic) bond motifs is 1. The number of nitrogens with one attached hydrogen (secondary N) is 1. The van der Waals surface area contributed by atoms with Crippen molar-refractivity contribution in [2.45, 2.75) is 6.92 Å². The second-order valence-electron chi connectivity index (χ2n) is 4.64. The van der Waals surface area contributed by atoms with Crippen LogP contribution in [0.25, 0.3) is 0 Å². The van der Waals surface area contributed by atoms with E-state index in [-0.39, 0.29) is 24.2 Å². The molecule has 112 valence electrons. The van der Waals surface area contributed by atoms with Gasteiger partial charge in [-0.05, 0) is 30.7 Å². The Labute approximate surface area is 124 Å². The first-order chi connectivity index (χ1) is 10.5. The predicted octanol–water partition coefficient (Wildman–Crippen LogP) is 2.28. The molecule has 2 heterocycles. The molecule has 0 unspecified atom stereocenters. The molecule has 0 atom stereocenters. The number of aryl methyl sites for hydroxylation is 1. The van der Waals surface area contributed by atoms with Crippen molar-refractivity contribution < 1.29 is 19.2 Å². The highest BCUT2D eigenvalue weighted by molar-refractivity contribution is 6.04. The molecular weight excluding hydrogens is 290 g/mol. The minimum absolute atomic E-state index is 0.126. The van der Waals surface area contributed by atoms with E-state index in [1.165, 1.54) is 6.07 Å². The molecule has 1 aromatic heterocycles. The maximum absolute atomic E-state index is 12.2. The Bertz CT molecular complexity index is 775. The Morgan fingerprint density at radius 1 is 1.32 bits per heavy atom. The fourth-order valence-electron chi connectivity index (χ4n) is 2.01. The maximum Gasteiger partial charge on any atom is 0.287 e. The molecule has 2 aromatic rings. The second kappa shape index (κ2) is 5.32. The number of carbonyl (C=O) groups excluding carboxylic acids is 1. The van der Waals surface area contributed by atoms with Crippen LogP contribution in [0.3, 0.4) is 0 Å². The Morgan fingerprint density at radius 2 is 2.09 bits per heavy atom. The third-order valence-electron chi connectivity index (χ3n) is 3.14. The van der Waals surface area contributed by atoms with Crippen LogP contribution in [0.4, 0.5) is 11.5 Å². The smallest absolute Gasteiger partial charge is 0.287 e. The highest BCUT2D eigenvalue weighted by atomic mass is 16.7. The molecule has 0 spiro atoms. The molecule has 3 rings (SSSR count). The van der Waals surface area contributed by atoms with Crippen molar-refractivity contribution in [1.82, 2.24) is 4.98 Å². The van der Waals surface area contributed by atoms with Gasteiger partial charge >= 0.3 is 0 Å². The first-order valence-electron chi connectivity index (χ1n) is 6.36. The number of amides is 1. The number of nitro groups is 1. The van der Waals surface area contributed by atoms with Gasteiger partial charge < -0.3 is 14.8 Å². The number of ether oxygens (including phenoxy) is 2. The summed E-state index contributed by atoms with van der Waals surface area (Å²) < 4.78 is 10.4. The van der Waals surface area contributed by atoms with E-state index in [2.05, 4.69) is 10.3 Å². The Hall–Kier alpha value is -3.16. The van der Waals surface area contributed by atoms with Crippen molar-refractivity contribution >= 4 is 17.4 Å². The molecule has 0 bridgehead atoms. The molecule has 1 aliphatic heterocycles. The lowest BCUT2D eigenvalue weighted by Crippen LogP contribution is -2.14. The van der Waals surface area contributed by atoms with Gasteiger partial charge in [0.25, 0.3) is 11.6 Å². The van der Waals surface area contributed by atoms with Gasteiger partial charge in [0.15, 0.2) is 11.5 Å². The van der Waals surface area contributed by atoms with Gasteiger partial charge in [-0.25, -0.2) is 4.98 Å². The van der Waals surface area contributed by atoms with E-state index in [1.807, 2.05) is 0 Å². The van der Waals surface area contributed by atoms with Crippen LogP contribution in [0.5, 0.6) is 11.5 Å². The average molecular weight is 301 g/mol. The zero-order valence-electron chi connectivity index (χ0n) is 11.5. The van der Waals surface area contributed by atoms with E-state index in [0.717, 1.165) is 6.20 Å². The van der Waals surface area contributed by atoms with Gasteiger partial charge in [-0.2, -0.15) is 0 Å². The molecular formula is C14H11N3O5. The molecule has 1 amide bonds. The topological polar surface area (TPSA) is 104 Å². The largest absolute Gasteiger partial charge is 0.454 e. The summed E-state index contributed by atoms with van der Waals surface area (Å²) in [6.45, 7) is 1.76. The average Bonchev–Trinajstić information content (AvgIpc) is 2.96. The Balaban J connectivity index is 1.81. The zero-order chi connectivity index (χ0) is 15.7. The number of anilines is 1. The number of hydrogen-bond donors (Lipinski definition) is 1. The molecule has 8 nitrogen and oxygen atoms in total. The Kier molecular flexibility index (Phi) is 3.34. The summed E-state index contributed by atoms with van der Waals surface area (Å²) in [4.78, 5) is 26.2. The van der Waals surface area contributed by atoms with Crippen molar-refractivity contribution in [3.8, 4) is 11.5 Å². The summed E-state index contributed by atoms with van der Waals surface area (Å²) in [5.41, 5.74) is 0.755.